The van der Waals surface area contributed by atoms with Crippen LogP contribution in [-0.4, -0.2) is 6.54 Å². The molecule has 1 aliphatic rings. The van der Waals surface area contributed by atoms with Crippen molar-refractivity contribution in [1.29, 1.82) is 0 Å². The third kappa shape index (κ3) is 1.87. The maximum absolute atomic E-state index is 5.94. The number of hydrogen-bond acceptors (Lipinski definition) is 1. The number of hydrogen-bond donors (Lipinski definition) is 1. The van der Waals surface area contributed by atoms with Gasteiger partial charge in [0.2, 0.25) is 0 Å². The molecular formula is C11H14ClN. The van der Waals surface area contributed by atoms with E-state index in [1.54, 1.807) is 0 Å². The second-order valence-electron chi connectivity index (χ2n) is 3.75. The summed E-state index contributed by atoms with van der Waals surface area (Å²) in [6, 6.07) is 8.64. The third-order valence-corrected chi connectivity index (χ3v) is 2.98. The first-order valence-corrected chi connectivity index (χ1v) is 5.14. The molecular weight excluding hydrogens is 182 g/mol. The van der Waals surface area contributed by atoms with Crippen LogP contribution in [0, 0.1) is 5.92 Å². The standard InChI is InChI=1S/C11H14ClN/c1-8-5-6-13-11(8)9-3-2-4-10(12)7-9/h2-4,7-8,11,13H,5-6H2,1H3. The van der Waals surface area contributed by atoms with Gasteiger partial charge in [-0.15, -0.1) is 0 Å². The van der Waals surface area contributed by atoms with Gasteiger partial charge in [0.15, 0.2) is 0 Å². The normalized spacial score (nSPS) is 27.8. The predicted octanol–water partition coefficient (Wildman–Crippen LogP) is 3.01. The lowest BCUT2D eigenvalue weighted by Gasteiger charge is -2.15. The van der Waals surface area contributed by atoms with Crippen LogP contribution in [0.2, 0.25) is 5.02 Å². The molecule has 1 aromatic rings. The van der Waals surface area contributed by atoms with Crippen LogP contribution in [0.5, 0.6) is 0 Å². The number of rotatable bonds is 1. The summed E-state index contributed by atoms with van der Waals surface area (Å²) in [7, 11) is 0. The Hall–Kier alpha value is -0.530. The number of halogens is 1. The van der Waals surface area contributed by atoms with Crippen LogP contribution >= 0.6 is 11.6 Å². The van der Waals surface area contributed by atoms with Gasteiger partial charge >= 0.3 is 0 Å². The van der Waals surface area contributed by atoms with Crippen LogP contribution < -0.4 is 5.32 Å². The topological polar surface area (TPSA) is 12.0 Å². The summed E-state index contributed by atoms with van der Waals surface area (Å²) in [6.45, 7) is 3.41. The van der Waals surface area contributed by atoms with Gasteiger partial charge in [0.05, 0.1) is 0 Å². The highest BCUT2D eigenvalue weighted by atomic mass is 35.5. The van der Waals surface area contributed by atoms with Crippen molar-refractivity contribution < 1.29 is 0 Å². The Labute approximate surface area is 84.1 Å². The van der Waals surface area contributed by atoms with Gasteiger partial charge in [-0.05, 0) is 36.6 Å². The van der Waals surface area contributed by atoms with Gasteiger partial charge in [-0.1, -0.05) is 30.7 Å². The summed E-state index contributed by atoms with van der Waals surface area (Å²) in [4.78, 5) is 0. The molecule has 13 heavy (non-hydrogen) atoms. The fourth-order valence-corrected chi connectivity index (χ4v) is 2.18. The smallest absolute Gasteiger partial charge is 0.0409 e. The van der Waals surface area contributed by atoms with E-state index in [0.717, 1.165) is 17.5 Å². The van der Waals surface area contributed by atoms with Gasteiger partial charge in [-0.3, -0.25) is 0 Å². The average Bonchev–Trinajstić information content (AvgIpc) is 2.51. The molecule has 1 fully saturated rings. The summed E-state index contributed by atoms with van der Waals surface area (Å²) < 4.78 is 0. The number of nitrogens with one attached hydrogen (secondary N) is 1. The monoisotopic (exact) mass is 195 g/mol. The van der Waals surface area contributed by atoms with Crippen molar-refractivity contribution in [1.82, 2.24) is 5.32 Å². The maximum atomic E-state index is 5.94. The molecule has 2 atom stereocenters. The Morgan fingerprint density at radius 2 is 2.31 bits per heavy atom. The first-order chi connectivity index (χ1) is 6.27. The van der Waals surface area contributed by atoms with Crippen LogP contribution in [0.25, 0.3) is 0 Å². The van der Waals surface area contributed by atoms with E-state index in [1.807, 2.05) is 12.1 Å². The number of benzene rings is 1. The van der Waals surface area contributed by atoms with Gasteiger partial charge in [0, 0.05) is 11.1 Å². The van der Waals surface area contributed by atoms with Crippen molar-refractivity contribution in [2.75, 3.05) is 6.54 Å². The van der Waals surface area contributed by atoms with Crippen LogP contribution in [0.15, 0.2) is 24.3 Å². The molecule has 1 N–H and O–H groups in total. The van der Waals surface area contributed by atoms with Gasteiger partial charge in [-0.2, -0.15) is 0 Å². The van der Waals surface area contributed by atoms with Crippen molar-refractivity contribution in [3.8, 4) is 0 Å². The summed E-state index contributed by atoms with van der Waals surface area (Å²) in [5.74, 6) is 0.721. The Kier molecular flexibility index (Phi) is 2.56. The lowest BCUT2D eigenvalue weighted by molar-refractivity contribution is 0.504. The zero-order valence-electron chi connectivity index (χ0n) is 7.76. The molecule has 0 aliphatic carbocycles. The molecule has 0 bridgehead atoms. The first kappa shape index (κ1) is 9.04. The Morgan fingerprint density at radius 1 is 1.46 bits per heavy atom. The Bertz CT molecular complexity index is 298. The highest BCUT2D eigenvalue weighted by Crippen LogP contribution is 2.29. The van der Waals surface area contributed by atoms with Crippen LogP contribution in [0.3, 0.4) is 0 Å². The van der Waals surface area contributed by atoms with E-state index in [9.17, 15) is 0 Å². The van der Waals surface area contributed by atoms with Crippen LogP contribution in [0.1, 0.15) is 24.9 Å². The molecule has 1 saturated heterocycles. The van der Waals surface area contributed by atoms with Crippen LogP contribution in [0.4, 0.5) is 0 Å². The van der Waals surface area contributed by atoms with Crippen LogP contribution in [-0.2, 0) is 0 Å². The molecule has 0 radical (unpaired) electrons. The molecule has 2 heteroatoms. The van der Waals surface area contributed by atoms with E-state index in [-0.39, 0.29) is 0 Å². The molecule has 1 aromatic carbocycles. The van der Waals surface area contributed by atoms with Gasteiger partial charge in [0.25, 0.3) is 0 Å². The lowest BCUT2D eigenvalue weighted by atomic mass is 9.96. The fraction of sp³-hybridized carbons (Fsp3) is 0.455. The Morgan fingerprint density at radius 3 is 2.92 bits per heavy atom. The average molecular weight is 196 g/mol. The Balaban J connectivity index is 2.24. The minimum absolute atomic E-state index is 0.499. The first-order valence-electron chi connectivity index (χ1n) is 4.76. The summed E-state index contributed by atoms with van der Waals surface area (Å²) in [6.07, 6.45) is 1.26. The van der Waals surface area contributed by atoms with Crippen molar-refractivity contribution in [3.63, 3.8) is 0 Å². The quantitative estimate of drug-likeness (QED) is 0.727. The van der Waals surface area contributed by atoms with Gasteiger partial charge in [0.1, 0.15) is 0 Å². The van der Waals surface area contributed by atoms with E-state index >= 15 is 0 Å². The van der Waals surface area contributed by atoms with E-state index in [2.05, 4.69) is 24.4 Å². The SMILES string of the molecule is CC1CCNC1c1cccc(Cl)c1. The predicted molar refractivity (Wildman–Crippen MR) is 56.0 cm³/mol. The van der Waals surface area contributed by atoms with E-state index in [0.29, 0.717) is 6.04 Å². The molecule has 2 unspecified atom stereocenters. The zero-order valence-corrected chi connectivity index (χ0v) is 8.51. The largest absolute Gasteiger partial charge is 0.310 e. The molecule has 70 valence electrons. The zero-order chi connectivity index (χ0) is 9.26. The maximum Gasteiger partial charge on any atom is 0.0409 e. The van der Waals surface area contributed by atoms with E-state index in [4.69, 9.17) is 11.6 Å². The van der Waals surface area contributed by atoms with Gasteiger partial charge < -0.3 is 5.32 Å². The second kappa shape index (κ2) is 3.69. The third-order valence-electron chi connectivity index (χ3n) is 2.74. The minimum atomic E-state index is 0.499. The molecule has 1 heterocycles. The lowest BCUT2D eigenvalue weighted by Crippen LogP contribution is -2.16. The van der Waals surface area contributed by atoms with Crippen molar-refractivity contribution in [2.45, 2.75) is 19.4 Å². The summed E-state index contributed by atoms with van der Waals surface area (Å²) in [5, 5.41) is 4.32. The van der Waals surface area contributed by atoms with Crippen molar-refractivity contribution >= 4 is 11.6 Å². The molecule has 0 spiro atoms. The molecule has 0 saturated carbocycles. The second-order valence-corrected chi connectivity index (χ2v) is 4.19. The van der Waals surface area contributed by atoms with Gasteiger partial charge in [-0.25, -0.2) is 0 Å². The molecule has 1 nitrogen and oxygen atoms in total. The highest BCUT2D eigenvalue weighted by molar-refractivity contribution is 6.30. The van der Waals surface area contributed by atoms with E-state index in [1.165, 1.54) is 12.0 Å². The van der Waals surface area contributed by atoms with E-state index < -0.39 is 0 Å². The molecule has 1 aliphatic heterocycles. The fourth-order valence-electron chi connectivity index (χ4n) is 1.98. The van der Waals surface area contributed by atoms with Crippen molar-refractivity contribution in [3.05, 3.63) is 34.9 Å². The molecule has 0 aromatic heterocycles. The molecule has 2 rings (SSSR count). The van der Waals surface area contributed by atoms with Crippen molar-refractivity contribution in [2.24, 2.45) is 5.92 Å². The summed E-state index contributed by atoms with van der Waals surface area (Å²) in [5.41, 5.74) is 1.32. The summed E-state index contributed by atoms with van der Waals surface area (Å²) >= 11 is 5.94. The molecule has 0 amide bonds. The highest BCUT2D eigenvalue weighted by Gasteiger charge is 2.23. The minimum Gasteiger partial charge on any atom is -0.310 e.